The molecule has 0 bridgehead atoms. The third kappa shape index (κ3) is 5.68. The first-order valence-electron chi connectivity index (χ1n) is 15.5. The molecule has 6 heterocycles. The molecule has 0 radical (unpaired) electrons. The number of morpholine rings is 1. The quantitative estimate of drug-likeness (QED) is 0.260. The zero-order chi connectivity index (χ0) is 31.9. The zero-order valence-corrected chi connectivity index (χ0v) is 27.5. The Morgan fingerprint density at radius 2 is 1.85 bits per heavy atom. The van der Waals surface area contributed by atoms with Crippen LogP contribution in [0.3, 0.4) is 0 Å². The van der Waals surface area contributed by atoms with Crippen LogP contribution < -0.4 is 10.9 Å². The average molecular weight is 643 g/mol. The first kappa shape index (κ1) is 30.5. The van der Waals surface area contributed by atoms with Gasteiger partial charge in [0.25, 0.3) is 11.5 Å². The normalized spacial score (nSPS) is 18.4. The Morgan fingerprint density at radius 3 is 2.54 bits per heavy atom. The summed E-state index contributed by atoms with van der Waals surface area (Å²) in [6.45, 7) is 8.16. The van der Waals surface area contributed by atoms with Gasteiger partial charge in [-0.1, -0.05) is 29.2 Å². The summed E-state index contributed by atoms with van der Waals surface area (Å²) in [7, 11) is 3.88. The van der Waals surface area contributed by atoms with Gasteiger partial charge in [0, 0.05) is 62.1 Å². The minimum absolute atomic E-state index is 0.00685. The van der Waals surface area contributed by atoms with Crippen LogP contribution in [0.4, 0.5) is 11.6 Å². The Bertz CT molecular complexity index is 1930. The number of ether oxygens (including phenoxy) is 1. The molecular formula is C31H38N12O2S. The van der Waals surface area contributed by atoms with Crippen molar-refractivity contribution < 1.29 is 4.74 Å². The van der Waals surface area contributed by atoms with E-state index in [0.717, 1.165) is 73.5 Å². The van der Waals surface area contributed by atoms with Crippen molar-refractivity contribution in [3.63, 3.8) is 0 Å². The summed E-state index contributed by atoms with van der Waals surface area (Å²) >= 11 is 1.74. The molecule has 2 aliphatic rings. The molecule has 7 rings (SSSR count). The lowest BCUT2D eigenvalue weighted by atomic mass is 10.0. The fraction of sp³-hybridized carbons (Fsp3) is 0.452. The number of aryl methyl sites for hydroxylation is 2. The highest BCUT2D eigenvalue weighted by Crippen LogP contribution is 2.32. The van der Waals surface area contributed by atoms with Crippen molar-refractivity contribution >= 4 is 34.6 Å². The van der Waals surface area contributed by atoms with E-state index in [1.165, 1.54) is 0 Å². The van der Waals surface area contributed by atoms with Gasteiger partial charge in [0.15, 0.2) is 0 Å². The molecule has 1 unspecified atom stereocenters. The highest BCUT2D eigenvalue weighted by molar-refractivity contribution is 7.96. The van der Waals surface area contributed by atoms with Crippen molar-refractivity contribution in [1.82, 2.24) is 53.7 Å². The highest BCUT2D eigenvalue weighted by atomic mass is 32.2. The molecule has 46 heavy (non-hydrogen) atoms. The largest absolute Gasteiger partial charge is 0.371 e. The summed E-state index contributed by atoms with van der Waals surface area (Å²) in [5.41, 5.74) is 5.35. The Morgan fingerprint density at radius 1 is 1.07 bits per heavy atom. The van der Waals surface area contributed by atoms with E-state index in [1.54, 1.807) is 34.6 Å². The van der Waals surface area contributed by atoms with Gasteiger partial charge in [0.2, 0.25) is 5.95 Å². The van der Waals surface area contributed by atoms with E-state index in [2.05, 4.69) is 60.5 Å². The number of nitrogens with zero attached hydrogens (tertiary/aromatic N) is 11. The molecular weight excluding hydrogens is 604 g/mol. The second kappa shape index (κ2) is 12.5. The first-order chi connectivity index (χ1) is 22.3. The fourth-order valence-electron chi connectivity index (χ4n) is 6.50. The van der Waals surface area contributed by atoms with Crippen LogP contribution in [0, 0.1) is 13.8 Å². The van der Waals surface area contributed by atoms with Crippen LogP contribution in [0.15, 0.2) is 41.3 Å². The molecule has 1 atom stereocenters. The van der Waals surface area contributed by atoms with Gasteiger partial charge in [-0.05, 0) is 74.2 Å². The van der Waals surface area contributed by atoms with Gasteiger partial charge in [-0.15, -0.1) is 0 Å². The van der Waals surface area contributed by atoms with E-state index in [-0.39, 0.29) is 17.7 Å². The average Bonchev–Trinajstić information content (AvgIpc) is 3.62. The number of tetrazole rings is 1. The van der Waals surface area contributed by atoms with Crippen LogP contribution in [-0.4, -0.2) is 99.8 Å². The third-order valence-electron chi connectivity index (χ3n) is 8.98. The van der Waals surface area contributed by atoms with E-state index < -0.39 is 0 Å². The van der Waals surface area contributed by atoms with Crippen LogP contribution in [0.5, 0.6) is 0 Å². The summed E-state index contributed by atoms with van der Waals surface area (Å²) in [4.78, 5) is 26.4. The summed E-state index contributed by atoms with van der Waals surface area (Å²) in [5, 5.41) is 20.7. The van der Waals surface area contributed by atoms with Gasteiger partial charge in [-0.25, -0.2) is 14.3 Å². The maximum absolute atomic E-state index is 14.5. The topological polar surface area (TPSA) is 137 Å². The number of benzene rings is 1. The number of likely N-dealkylation sites (N-methyl/N-ethyl adjacent to an activating group) is 1. The molecule has 4 aromatic heterocycles. The van der Waals surface area contributed by atoms with Crippen molar-refractivity contribution in [3.8, 4) is 17.1 Å². The minimum atomic E-state index is -0.0941. The number of rotatable bonds is 7. The number of hydrogen-bond donors (Lipinski definition) is 1. The van der Waals surface area contributed by atoms with Crippen molar-refractivity contribution in [1.29, 1.82) is 0 Å². The van der Waals surface area contributed by atoms with E-state index >= 15 is 0 Å². The molecule has 0 aliphatic carbocycles. The molecule has 0 spiro atoms. The predicted octanol–water partition coefficient (Wildman–Crippen LogP) is 3.45. The predicted molar refractivity (Wildman–Crippen MR) is 177 cm³/mol. The second-order valence-corrected chi connectivity index (χ2v) is 12.9. The molecule has 2 saturated heterocycles. The van der Waals surface area contributed by atoms with E-state index in [0.29, 0.717) is 28.8 Å². The molecule has 240 valence electrons. The number of anilines is 2. The van der Waals surface area contributed by atoms with E-state index in [1.807, 2.05) is 36.6 Å². The van der Waals surface area contributed by atoms with Crippen molar-refractivity contribution in [2.24, 2.45) is 7.05 Å². The molecule has 0 saturated carbocycles. The second-order valence-electron chi connectivity index (χ2n) is 12.0. The molecule has 0 amide bonds. The van der Waals surface area contributed by atoms with Crippen LogP contribution >= 0.6 is 11.9 Å². The molecule has 2 aliphatic heterocycles. The number of fused-ring (bicyclic) bond motifs is 1. The number of hydrogen-bond acceptors (Lipinski definition) is 12. The van der Waals surface area contributed by atoms with Crippen molar-refractivity contribution in [2.75, 3.05) is 51.4 Å². The summed E-state index contributed by atoms with van der Waals surface area (Å²) in [5.74, 6) is 0.911. The Kier molecular flexibility index (Phi) is 8.31. The number of nitrogens with one attached hydrogen (secondary N) is 1. The molecule has 5 aromatic rings. The zero-order valence-electron chi connectivity index (χ0n) is 26.7. The van der Waals surface area contributed by atoms with Gasteiger partial charge in [0.1, 0.15) is 5.65 Å². The molecule has 2 fully saturated rings. The third-order valence-corrected chi connectivity index (χ3v) is 9.86. The molecule has 14 nitrogen and oxygen atoms in total. The Balaban J connectivity index is 1.27. The van der Waals surface area contributed by atoms with Crippen LogP contribution in [0.25, 0.3) is 28.1 Å². The number of aromatic nitrogens is 9. The summed E-state index contributed by atoms with van der Waals surface area (Å²) in [6.07, 6.45) is 5.63. The van der Waals surface area contributed by atoms with Gasteiger partial charge >= 0.3 is 0 Å². The summed E-state index contributed by atoms with van der Waals surface area (Å²) in [6, 6.07) is 10.1. The van der Waals surface area contributed by atoms with Gasteiger partial charge in [-0.2, -0.15) is 10.1 Å². The van der Waals surface area contributed by atoms with Crippen LogP contribution in [0.1, 0.15) is 41.9 Å². The molecule has 15 heteroatoms. The lowest BCUT2D eigenvalue weighted by Crippen LogP contribution is -2.35. The van der Waals surface area contributed by atoms with Crippen molar-refractivity contribution in [3.05, 3.63) is 63.8 Å². The maximum atomic E-state index is 14.5. The monoisotopic (exact) mass is 642 g/mol. The highest BCUT2D eigenvalue weighted by Gasteiger charge is 2.27. The lowest BCUT2D eigenvalue weighted by Gasteiger charge is -2.32. The summed E-state index contributed by atoms with van der Waals surface area (Å²) < 4.78 is 13.4. The smallest absolute Gasteiger partial charge is 0.270 e. The van der Waals surface area contributed by atoms with Gasteiger partial charge < -0.3 is 15.0 Å². The fourth-order valence-corrected chi connectivity index (χ4v) is 7.08. The number of piperidine rings is 1. The van der Waals surface area contributed by atoms with E-state index in [4.69, 9.17) is 14.8 Å². The minimum Gasteiger partial charge on any atom is -0.371 e. The van der Waals surface area contributed by atoms with Crippen molar-refractivity contribution in [2.45, 2.75) is 38.8 Å². The van der Waals surface area contributed by atoms with Gasteiger partial charge in [-0.3, -0.25) is 13.7 Å². The Labute approximate surface area is 270 Å². The van der Waals surface area contributed by atoms with E-state index in [9.17, 15) is 4.79 Å². The standard InChI is InChI=1S/C31H38N12O2S/c1-19-27(20(2)43(36-19)31-35-37-38-40(31)4)25-16-22-17-32-30(33-23-8-6-21(7-9-23)26-18-39(3)14-15-45-26)34-28(22)42(29(25)44)24-10-12-41(46-5)13-11-24/h6-9,16-17,24,26H,10-15,18H2,1-5H3,(H,32,33,34). The molecule has 1 aromatic carbocycles. The Hall–Kier alpha value is -4.18. The molecule has 1 N–H and O–H groups in total. The maximum Gasteiger partial charge on any atom is 0.270 e. The van der Waals surface area contributed by atoms with Crippen LogP contribution in [-0.2, 0) is 11.8 Å². The van der Waals surface area contributed by atoms with Crippen LogP contribution in [0.2, 0.25) is 0 Å². The van der Waals surface area contributed by atoms with Gasteiger partial charge in [0.05, 0.1) is 29.7 Å². The SMILES string of the molecule is CSN1CCC(n2c(=O)c(-c3c(C)nn(-c4nnnn4C)c3C)cc3cnc(Nc4ccc(C5CN(C)CCO5)cc4)nc32)CC1. The lowest BCUT2D eigenvalue weighted by molar-refractivity contribution is -0.0208. The first-order valence-corrected chi connectivity index (χ1v) is 16.7. The number of pyridine rings is 1.